The highest BCUT2D eigenvalue weighted by molar-refractivity contribution is 7.15. The Kier molecular flexibility index (Phi) is 7.49. The number of hydrogen-bond donors (Lipinski definition) is 1. The van der Waals surface area contributed by atoms with Crippen LogP contribution in [0, 0.1) is 0 Å². The maximum absolute atomic E-state index is 12.8. The lowest BCUT2D eigenvalue weighted by Crippen LogP contribution is -2.40. The van der Waals surface area contributed by atoms with E-state index in [0.717, 1.165) is 56.3 Å². The number of carbonyl (C=O) groups excluding carboxylic acids is 1. The van der Waals surface area contributed by atoms with Gasteiger partial charge in [0.2, 0.25) is 5.13 Å². The van der Waals surface area contributed by atoms with Crippen molar-refractivity contribution in [2.45, 2.75) is 26.3 Å². The molecule has 8 nitrogen and oxygen atoms in total. The van der Waals surface area contributed by atoms with Crippen LogP contribution >= 0.6 is 11.3 Å². The Hall–Kier alpha value is -2.10. The topological polar surface area (TPSA) is 83.5 Å². The number of hydrogen-bond acceptors (Lipinski definition) is 7. The van der Waals surface area contributed by atoms with Gasteiger partial charge in [0.1, 0.15) is 5.01 Å². The average molecular weight is 391 g/mol. The first-order valence-electron chi connectivity index (χ1n) is 9.32. The summed E-state index contributed by atoms with van der Waals surface area (Å²) in [6, 6.07) is 3.72. The van der Waals surface area contributed by atoms with Crippen LogP contribution in [0.1, 0.15) is 23.9 Å². The minimum atomic E-state index is -0.146. The number of nitrogens with one attached hydrogen (secondary N) is 1. The van der Waals surface area contributed by atoms with Gasteiger partial charge in [-0.15, -0.1) is 10.2 Å². The van der Waals surface area contributed by atoms with Gasteiger partial charge in [-0.2, -0.15) is 0 Å². The summed E-state index contributed by atoms with van der Waals surface area (Å²) >= 11 is 1.42. The Labute approximate surface area is 163 Å². The van der Waals surface area contributed by atoms with Crippen LogP contribution in [0.4, 0.5) is 9.93 Å². The Bertz CT molecular complexity index is 705. The van der Waals surface area contributed by atoms with Crippen molar-refractivity contribution in [2.75, 3.05) is 44.7 Å². The number of pyridine rings is 1. The monoisotopic (exact) mass is 390 g/mol. The van der Waals surface area contributed by atoms with Crippen molar-refractivity contribution in [3.63, 3.8) is 0 Å². The van der Waals surface area contributed by atoms with Gasteiger partial charge in [-0.25, -0.2) is 4.79 Å². The van der Waals surface area contributed by atoms with Gasteiger partial charge >= 0.3 is 6.03 Å². The van der Waals surface area contributed by atoms with E-state index in [1.165, 1.54) is 11.3 Å². The first-order chi connectivity index (χ1) is 13.2. The molecular weight excluding hydrogens is 364 g/mol. The van der Waals surface area contributed by atoms with Crippen molar-refractivity contribution in [3.05, 3.63) is 35.1 Å². The number of aryl methyl sites for hydroxylation is 1. The van der Waals surface area contributed by atoms with E-state index in [1.807, 2.05) is 24.0 Å². The molecule has 0 radical (unpaired) electrons. The van der Waals surface area contributed by atoms with Crippen molar-refractivity contribution in [1.82, 2.24) is 25.0 Å². The molecule has 0 bridgehead atoms. The lowest BCUT2D eigenvalue weighted by atomic mass is 10.2. The van der Waals surface area contributed by atoms with Crippen LogP contribution < -0.4 is 5.32 Å². The highest BCUT2D eigenvalue weighted by atomic mass is 32.1. The van der Waals surface area contributed by atoms with Crippen LogP contribution in [-0.4, -0.2) is 70.4 Å². The van der Waals surface area contributed by atoms with E-state index in [-0.39, 0.29) is 6.03 Å². The summed E-state index contributed by atoms with van der Waals surface area (Å²) in [6.07, 6.45) is 5.22. The molecule has 1 N–H and O–H groups in total. The SMILES string of the molecule is CCc1nnc(NC(=O)N(CCCN2CCOCC2)Cc2ccncc2)s1. The molecule has 27 heavy (non-hydrogen) atoms. The number of rotatable bonds is 8. The van der Waals surface area contributed by atoms with Gasteiger partial charge in [0.05, 0.1) is 13.2 Å². The predicted octanol–water partition coefficient (Wildman–Crippen LogP) is 2.25. The number of carbonyl (C=O) groups is 1. The number of anilines is 1. The van der Waals surface area contributed by atoms with Crippen molar-refractivity contribution < 1.29 is 9.53 Å². The molecule has 0 atom stereocenters. The summed E-state index contributed by atoms with van der Waals surface area (Å²) < 4.78 is 5.39. The van der Waals surface area contributed by atoms with Gasteiger partial charge in [-0.3, -0.25) is 15.2 Å². The van der Waals surface area contributed by atoms with E-state index in [1.54, 1.807) is 12.4 Å². The molecule has 2 aromatic rings. The van der Waals surface area contributed by atoms with E-state index in [4.69, 9.17) is 4.74 Å². The second kappa shape index (κ2) is 10.3. The van der Waals surface area contributed by atoms with Crippen LogP contribution in [0.3, 0.4) is 0 Å². The summed E-state index contributed by atoms with van der Waals surface area (Å²) in [5, 5.41) is 12.5. The molecule has 3 rings (SSSR count). The highest BCUT2D eigenvalue weighted by Gasteiger charge is 2.17. The first kappa shape index (κ1) is 19.7. The van der Waals surface area contributed by atoms with Gasteiger partial charge in [-0.1, -0.05) is 18.3 Å². The van der Waals surface area contributed by atoms with Crippen LogP contribution in [-0.2, 0) is 17.7 Å². The van der Waals surface area contributed by atoms with Crippen LogP contribution in [0.5, 0.6) is 0 Å². The summed E-state index contributed by atoms with van der Waals surface area (Å²) in [5.41, 5.74) is 1.05. The molecule has 146 valence electrons. The zero-order chi connectivity index (χ0) is 18.9. The number of ether oxygens (including phenoxy) is 1. The van der Waals surface area contributed by atoms with Gasteiger partial charge in [-0.05, 0) is 30.5 Å². The number of nitrogens with zero attached hydrogens (tertiary/aromatic N) is 5. The quantitative estimate of drug-likeness (QED) is 0.744. The van der Waals surface area contributed by atoms with E-state index < -0.39 is 0 Å². The molecular formula is C18H26N6O2S. The van der Waals surface area contributed by atoms with E-state index in [2.05, 4.69) is 25.4 Å². The standard InChI is InChI=1S/C18H26N6O2S/c1-2-16-21-22-17(27-16)20-18(25)24(14-15-4-6-19-7-5-15)9-3-8-23-10-12-26-13-11-23/h4-7H,2-3,8-14H2,1H3,(H,20,22,25). The van der Waals surface area contributed by atoms with Gasteiger partial charge < -0.3 is 9.64 Å². The van der Waals surface area contributed by atoms with Crippen molar-refractivity contribution >= 4 is 22.5 Å². The normalized spacial score (nSPS) is 14.9. The van der Waals surface area contributed by atoms with E-state index in [9.17, 15) is 4.79 Å². The lowest BCUT2D eigenvalue weighted by Gasteiger charge is -2.28. The van der Waals surface area contributed by atoms with Gasteiger partial charge in [0, 0.05) is 45.1 Å². The number of amides is 2. The molecule has 1 fully saturated rings. The van der Waals surface area contributed by atoms with Crippen molar-refractivity contribution in [3.8, 4) is 0 Å². The Balaban J connectivity index is 1.58. The maximum atomic E-state index is 12.8. The second-order valence-electron chi connectivity index (χ2n) is 6.37. The van der Waals surface area contributed by atoms with E-state index in [0.29, 0.717) is 18.2 Å². The molecule has 2 amide bonds. The molecule has 3 heterocycles. The predicted molar refractivity (Wildman–Crippen MR) is 105 cm³/mol. The molecule has 2 aromatic heterocycles. The molecule has 0 aliphatic carbocycles. The highest BCUT2D eigenvalue weighted by Crippen LogP contribution is 2.16. The molecule has 1 aliphatic rings. The molecule has 0 spiro atoms. The number of morpholine rings is 1. The minimum Gasteiger partial charge on any atom is -0.379 e. The Morgan fingerprint density at radius 3 is 2.78 bits per heavy atom. The minimum absolute atomic E-state index is 0.146. The summed E-state index contributed by atoms with van der Waals surface area (Å²) in [5.74, 6) is 0. The molecule has 1 aliphatic heterocycles. The Morgan fingerprint density at radius 1 is 1.30 bits per heavy atom. The summed E-state index contributed by atoms with van der Waals surface area (Å²) in [7, 11) is 0. The van der Waals surface area contributed by atoms with E-state index >= 15 is 0 Å². The maximum Gasteiger partial charge on any atom is 0.323 e. The zero-order valence-electron chi connectivity index (χ0n) is 15.6. The van der Waals surface area contributed by atoms with Gasteiger partial charge in [0.25, 0.3) is 0 Å². The molecule has 0 unspecified atom stereocenters. The van der Waals surface area contributed by atoms with Crippen LogP contribution in [0.25, 0.3) is 0 Å². The van der Waals surface area contributed by atoms with Crippen LogP contribution in [0.2, 0.25) is 0 Å². The fourth-order valence-corrected chi connectivity index (χ4v) is 3.56. The summed E-state index contributed by atoms with van der Waals surface area (Å²) in [6.45, 7) is 7.69. The average Bonchev–Trinajstić information content (AvgIpc) is 3.16. The molecule has 0 saturated carbocycles. The van der Waals surface area contributed by atoms with Crippen LogP contribution in [0.15, 0.2) is 24.5 Å². The summed E-state index contributed by atoms with van der Waals surface area (Å²) in [4.78, 5) is 21.0. The second-order valence-corrected chi connectivity index (χ2v) is 7.43. The van der Waals surface area contributed by atoms with Crippen molar-refractivity contribution in [1.29, 1.82) is 0 Å². The number of urea groups is 1. The largest absolute Gasteiger partial charge is 0.379 e. The molecule has 1 saturated heterocycles. The third kappa shape index (κ3) is 6.23. The number of aromatic nitrogens is 3. The molecule has 9 heteroatoms. The third-order valence-corrected chi connectivity index (χ3v) is 5.38. The Morgan fingerprint density at radius 2 is 2.07 bits per heavy atom. The zero-order valence-corrected chi connectivity index (χ0v) is 16.5. The smallest absolute Gasteiger partial charge is 0.323 e. The fourth-order valence-electron chi connectivity index (χ4n) is 2.89. The molecule has 0 aromatic carbocycles. The third-order valence-electron chi connectivity index (χ3n) is 4.40. The lowest BCUT2D eigenvalue weighted by molar-refractivity contribution is 0.0365. The first-order valence-corrected chi connectivity index (χ1v) is 10.1. The van der Waals surface area contributed by atoms with Gasteiger partial charge in [0.15, 0.2) is 0 Å². The fraction of sp³-hybridized carbons (Fsp3) is 0.556. The van der Waals surface area contributed by atoms with Crippen molar-refractivity contribution in [2.24, 2.45) is 0 Å².